The summed E-state index contributed by atoms with van der Waals surface area (Å²) >= 11 is 5.33. The molecule has 0 atom stereocenters. The molecule has 1 heterocycles. The fraction of sp³-hybridized carbons (Fsp3) is 0.636. The number of thiophene rings is 1. The Kier molecular flexibility index (Phi) is 5.13. The molecule has 0 saturated heterocycles. The molecule has 0 radical (unpaired) electrons. The summed E-state index contributed by atoms with van der Waals surface area (Å²) in [5.74, 6) is 0.748. The van der Waals surface area contributed by atoms with Gasteiger partial charge in [0, 0.05) is 18.0 Å². The summed E-state index contributed by atoms with van der Waals surface area (Å²) in [6.45, 7) is 10.2. The molecule has 14 heavy (non-hydrogen) atoms. The van der Waals surface area contributed by atoms with Crippen LogP contribution < -0.4 is 0 Å². The second-order valence-electron chi connectivity index (χ2n) is 3.93. The maximum absolute atomic E-state index is 3.49. The van der Waals surface area contributed by atoms with Gasteiger partial charge in [0.05, 0.1) is 3.79 Å². The molecule has 0 amide bonds. The van der Waals surface area contributed by atoms with Gasteiger partial charge >= 0.3 is 0 Å². The van der Waals surface area contributed by atoms with Crippen LogP contribution in [0, 0.1) is 5.92 Å². The minimum atomic E-state index is 0.748. The molecule has 0 aliphatic heterocycles. The van der Waals surface area contributed by atoms with Crippen molar-refractivity contribution in [1.29, 1.82) is 0 Å². The third kappa shape index (κ3) is 4.11. The second kappa shape index (κ2) is 5.89. The molecule has 0 N–H and O–H groups in total. The molecule has 3 heteroatoms. The highest BCUT2D eigenvalue weighted by Gasteiger charge is 2.07. The molecule has 0 aliphatic carbocycles. The maximum atomic E-state index is 3.49. The van der Waals surface area contributed by atoms with Crippen molar-refractivity contribution in [2.45, 2.75) is 27.3 Å². The molecule has 1 rings (SSSR count). The van der Waals surface area contributed by atoms with E-state index in [0.29, 0.717) is 0 Å². The Balaban J connectivity index is 2.48. The summed E-state index contributed by atoms with van der Waals surface area (Å²) in [6, 6.07) is 4.33. The highest BCUT2D eigenvalue weighted by molar-refractivity contribution is 9.11. The van der Waals surface area contributed by atoms with Gasteiger partial charge in [0.1, 0.15) is 0 Å². The van der Waals surface area contributed by atoms with E-state index in [2.05, 4.69) is 53.7 Å². The Bertz CT molecular complexity index is 270. The molecule has 0 aliphatic rings. The minimum Gasteiger partial charge on any atom is -0.298 e. The van der Waals surface area contributed by atoms with Crippen molar-refractivity contribution in [2.24, 2.45) is 5.92 Å². The SMILES string of the molecule is CCN(Cc1ccc(Br)s1)CC(C)C. The predicted molar refractivity (Wildman–Crippen MR) is 67.8 cm³/mol. The van der Waals surface area contributed by atoms with Crippen LogP contribution in [-0.4, -0.2) is 18.0 Å². The normalized spacial score (nSPS) is 11.6. The molecule has 1 aromatic heterocycles. The summed E-state index contributed by atoms with van der Waals surface area (Å²) in [6.07, 6.45) is 0. The summed E-state index contributed by atoms with van der Waals surface area (Å²) in [5, 5.41) is 0. The van der Waals surface area contributed by atoms with Gasteiger partial charge in [-0.15, -0.1) is 11.3 Å². The topological polar surface area (TPSA) is 3.24 Å². The van der Waals surface area contributed by atoms with E-state index in [0.717, 1.165) is 19.0 Å². The molecular weight excluding hydrogens is 258 g/mol. The van der Waals surface area contributed by atoms with Gasteiger partial charge in [-0.1, -0.05) is 20.8 Å². The fourth-order valence-corrected chi connectivity index (χ4v) is 3.00. The van der Waals surface area contributed by atoms with Gasteiger partial charge in [-0.05, 0) is 40.5 Å². The Hall–Kier alpha value is 0.140. The van der Waals surface area contributed by atoms with Crippen molar-refractivity contribution in [1.82, 2.24) is 4.90 Å². The number of hydrogen-bond donors (Lipinski definition) is 0. The number of halogens is 1. The van der Waals surface area contributed by atoms with E-state index >= 15 is 0 Å². The first-order chi connectivity index (χ1) is 6.61. The van der Waals surface area contributed by atoms with Crippen LogP contribution in [0.1, 0.15) is 25.6 Å². The monoisotopic (exact) mass is 275 g/mol. The van der Waals surface area contributed by atoms with Crippen LogP contribution in [-0.2, 0) is 6.54 Å². The number of hydrogen-bond acceptors (Lipinski definition) is 2. The second-order valence-corrected chi connectivity index (χ2v) is 6.47. The summed E-state index contributed by atoms with van der Waals surface area (Å²) in [4.78, 5) is 3.93. The summed E-state index contributed by atoms with van der Waals surface area (Å²) in [7, 11) is 0. The van der Waals surface area contributed by atoms with Gasteiger partial charge in [0.2, 0.25) is 0 Å². The zero-order chi connectivity index (χ0) is 10.6. The Morgan fingerprint density at radius 2 is 2.14 bits per heavy atom. The van der Waals surface area contributed by atoms with Gasteiger partial charge in [-0.2, -0.15) is 0 Å². The van der Waals surface area contributed by atoms with Crippen LogP contribution in [0.25, 0.3) is 0 Å². The van der Waals surface area contributed by atoms with E-state index < -0.39 is 0 Å². The molecule has 1 aromatic rings. The average Bonchev–Trinajstić information content (AvgIpc) is 2.49. The van der Waals surface area contributed by atoms with Crippen LogP contribution in [0.5, 0.6) is 0 Å². The van der Waals surface area contributed by atoms with E-state index in [1.54, 1.807) is 0 Å². The molecule has 0 fully saturated rings. The van der Waals surface area contributed by atoms with Gasteiger partial charge < -0.3 is 0 Å². The zero-order valence-electron chi connectivity index (χ0n) is 9.09. The lowest BCUT2D eigenvalue weighted by atomic mass is 10.2. The predicted octanol–water partition coefficient (Wildman–Crippen LogP) is 3.99. The van der Waals surface area contributed by atoms with Crippen LogP contribution in [0.15, 0.2) is 15.9 Å². The molecule has 0 unspecified atom stereocenters. The zero-order valence-corrected chi connectivity index (χ0v) is 11.5. The number of nitrogens with zero attached hydrogens (tertiary/aromatic N) is 1. The quantitative estimate of drug-likeness (QED) is 0.786. The Morgan fingerprint density at radius 1 is 1.43 bits per heavy atom. The molecule has 0 spiro atoms. The van der Waals surface area contributed by atoms with E-state index in [4.69, 9.17) is 0 Å². The molecule has 1 nitrogen and oxygen atoms in total. The smallest absolute Gasteiger partial charge is 0.0701 e. The first-order valence-electron chi connectivity index (χ1n) is 5.08. The Morgan fingerprint density at radius 3 is 2.57 bits per heavy atom. The van der Waals surface area contributed by atoms with Crippen molar-refractivity contribution in [3.8, 4) is 0 Å². The molecule has 80 valence electrons. The van der Waals surface area contributed by atoms with Crippen molar-refractivity contribution >= 4 is 27.3 Å². The van der Waals surface area contributed by atoms with E-state index in [1.165, 1.54) is 15.2 Å². The third-order valence-electron chi connectivity index (χ3n) is 2.08. The van der Waals surface area contributed by atoms with Crippen LogP contribution in [0.3, 0.4) is 0 Å². The van der Waals surface area contributed by atoms with E-state index in [9.17, 15) is 0 Å². The number of rotatable bonds is 5. The third-order valence-corrected chi connectivity index (χ3v) is 3.69. The first kappa shape index (κ1) is 12.2. The maximum Gasteiger partial charge on any atom is 0.0701 e. The van der Waals surface area contributed by atoms with Gasteiger partial charge in [0.15, 0.2) is 0 Å². The van der Waals surface area contributed by atoms with E-state index in [1.807, 2.05) is 11.3 Å². The minimum absolute atomic E-state index is 0.748. The summed E-state index contributed by atoms with van der Waals surface area (Å²) < 4.78 is 1.23. The summed E-state index contributed by atoms with van der Waals surface area (Å²) in [5.41, 5.74) is 0. The van der Waals surface area contributed by atoms with Crippen molar-refractivity contribution < 1.29 is 0 Å². The lowest BCUT2D eigenvalue weighted by molar-refractivity contribution is 0.250. The average molecular weight is 276 g/mol. The Labute approximate surface area is 99.3 Å². The molecule has 0 saturated carbocycles. The highest BCUT2D eigenvalue weighted by Crippen LogP contribution is 2.23. The van der Waals surface area contributed by atoms with Crippen molar-refractivity contribution in [3.05, 3.63) is 20.8 Å². The van der Waals surface area contributed by atoms with E-state index in [-0.39, 0.29) is 0 Å². The molecular formula is C11H18BrNS. The van der Waals surface area contributed by atoms with Gasteiger partial charge in [-0.25, -0.2) is 0 Å². The highest BCUT2D eigenvalue weighted by atomic mass is 79.9. The lowest BCUT2D eigenvalue weighted by Crippen LogP contribution is -2.26. The fourth-order valence-electron chi connectivity index (χ4n) is 1.48. The molecule has 0 aromatic carbocycles. The van der Waals surface area contributed by atoms with Crippen LogP contribution in [0.4, 0.5) is 0 Å². The van der Waals surface area contributed by atoms with Gasteiger partial charge in [-0.3, -0.25) is 4.90 Å². The van der Waals surface area contributed by atoms with Crippen molar-refractivity contribution in [2.75, 3.05) is 13.1 Å². The first-order valence-corrected chi connectivity index (χ1v) is 6.69. The van der Waals surface area contributed by atoms with Crippen molar-refractivity contribution in [3.63, 3.8) is 0 Å². The molecule has 0 bridgehead atoms. The lowest BCUT2D eigenvalue weighted by Gasteiger charge is -2.21. The largest absolute Gasteiger partial charge is 0.298 e. The standard InChI is InChI=1S/C11H18BrNS/c1-4-13(7-9(2)3)8-10-5-6-11(12)14-10/h5-6,9H,4,7-8H2,1-3H3. The van der Waals surface area contributed by atoms with Gasteiger partial charge in [0.25, 0.3) is 0 Å². The van der Waals surface area contributed by atoms with Crippen LogP contribution in [0.2, 0.25) is 0 Å². The van der Waals surface area contributed by atoms with Crippen LogP contribution >= 0.6 is 27.3 Å².